The van der Waals surface area contributed by atoms with Crippen LogP contribution in [-0.4, -0.2) is 24.6 Å². The van der Waals surface area contributed by atoms with Gasteiger partial charge in [-0.05, 0) is 46.1 Å². The molecule has 0 atom stereocenters. The topological polar surface area (TPSA) is 44.5 Å². The number of thioether (sulfide) groups is 1. The summed E-state index contributed by atoms with van der Waals surface area (Å²) in [5, 5.41) is 0. The summed E-state index contributed by atoms with van der Waals surface area (Å²) in [6.07, 6.45) is 1.90. The van der Waals surface area contributed by atoms with E-state index < -0.39 is 24.1 Å². The standard InChI is InChI=1S/C13H19BFNO2S/c1-12(2)13(3,4)18-14(17-12)8-6-11(19-5)10(16)7-9(8)15/h6-7H,16H2,1-5H3. The Hall–Kier alpha value is -0.715. The van der Waals surface area contributed by atoms with Crippen LogP contribution in [0.4, 0.5) is 10.1 Å². The Labute approximate surface area is 118 Å². The summed E-state index contributed by atoms with van der Waals surface area (Å²) in [4.78, 5) is 0.825. The van der Waals surface area contributed by atoms with Crippen molar-refractivity contribution in [3.8, 4) is 0 Å². The molecule has 2 rings (SSSR count). The average molecular weight is 283 g/mol. The van der Waals surface area contributed by atoms with E-state index in [1.165, 1.54) is 17.8 Å². The Morgan fingerprint density at radius 3 is 2.16 bits per heavy atom. The zero-order valence-electron chi connectivity index (χ0n) is 11.9. The minimum absolute atomic E-state index is 0.395. The van der Waals surface area contributed by atoms with Crippen LogP contribution in [0.2, 0.25) is 0 Å². The van der Waals surface area contributed by atoms with Gasteiger partial charge < -0.3 is 15.0 Å². The third-order valence-electron chi connectivity index (χ3n) is 3.86. The molecule has 0 bridgehead atoms. The summed E-state index contributed by atoms with van der Waals surface area (Å²) in [6.45, 7) is 7.77. The van der Waals surface area contributed by atoms with Crippen molar-refractivity contribution in [2.75, 3.05) is 12.0 Å². The predicted molar refractivity (Wildman–Crippen MR) is 78.3 cm³/mol. The van der Waals surface area contributed by atoms with Crippen molar-refractivity contribution in [2.45, 2.75) is 43.8 Å². The molecule has 1 aliphatic rings. The highest BCUT2D eigenvalue weighted by molar-refractivity contribution is 7.98. The molecule has 0 aliphatic carbocycles. The van der Waals surface area contributed by atoms with Crippen LogP contribution < -0.4 is 11.2 Å². The lowest BCUT2D eigenvalue weighted by atomic mass is 9.78. The van der Waals surface area contributed by atoms with E-state index >= 15 is 0 Å². The fraction of sp³-hybridized carbons (Fsp3) is 0.538. The first kappa shape index (κ1) is 14.7. The zero-order chi connectivity index (χ0) is 14.4. The van der Waals surface area contributed by atoms with Crippen molar-refractivity contribution in [1.29, 1.82) is 0 Å². The monoisotopic (exact) mass is 283 g/mol. The third kappa shape index (κ3) is 2.49. The Morgan fingerprint density at radius 2 is 1.68 bits per heavy atom. The van der Waals surface area contributed by atoms with E-state index in [0.29, 0.717) is 11.2 Å². The summed E-state index contributed by atoms with van der Waals surface area (Å²) < 4.78 is 25.8. The normalized spacial score (nSPS) is 20.8. The number of hydrogen-bond acceptors (Lipinski definition) is 4. The minimum atomic E-state index is -0.698. The lowest BCUT2D eigenvalue weighted by Crippen LogP contribution is -2.41. The first-order valence-corrected chi connectivity index (χ1v) is 7.39. The predicted octanol–water partition coefficient (Wildman–Crippen LogP) is 2.43. The maximum Gasteiger partial charge on any atom is 0.497 e. The van der Waals surface area contributed by atoms with Gasteiger partial charge in [0, 0.05) is 16.0 Å². The molecule has 1 aromatic carbocycles. The van der Waals surface area contributed by atoms with E-state index in [9.17, 15) is 4.39 Å². The van der Waals surface area contributed by atoms with Gasteiger partial charge >= 0.3 is 7.12 Å². The minimum Gasteiger partial charge on any atom is -0.399 e. The number of hydrogen-bond donors (Lipinski definition) is 1. The number of halogens is 1. The Bertz CT molecular complexity index is 492. The van der Waals surface area contributed by atoms with Gasteiger partial charge in [-0.1, -0.05) is 0 Å². The van der Waals surface area contributed by atoms with Crippen LogP contribution >= 0.6 is 11.8 Å². The summed E-state index contributed by atoms with van der Waals surface area (Å²) in [6, 6.07) is 3.03. The molecular weight excluding hydrogens is 264 g/mol. The Morgan fingerprint density at radius 1 is 1.16 bits per heavy atom. The fourth-order valence-electron chi connectivity index (χ4n) is 1.91. The molecule has 3 nitrogen and oxygen atoms in total. The molecule has 0 unspecified atom stereocenters. The second kappa shape index (κ2) is 4.68. The Kier molecular flexibility index (Phi) is 3.62. The first-order valence-electron chi connectivity index (χ1n) is 6.16. The molecule has 6 heteroatoms. The van der Waals surface area contributed by atoms with Gasteiger partial charge in [-0.2, -0.15) is 0 Å². The maximum absolute atomic E-state index is 14.1. The van der Waals surface area contributed by atoms with Gasteiger partial charge in [0.15, 0.2) is 0 Å². The van der Waals surface area contributed by atoms with Crippen LogP contribution in [0.5, 0.6) is 0 Å². The molecule has 1 heterocycles. The number of nitrogens with two attached hydrogens (primary N) is 1. The van der Waals surface area contributed by atoms with Gasteiger partial charge in [-0.3, -0.25) is 0 Å². The Balaban J connectivity index is 2.39. The molecule has 104 valence electrons. The van der Waals surface area contributed by atoms with E-state index in [2.05, 4.69) is 0 Å². The highest BCUT2D eigenvalue weighted by atomic mass is 32.2. The molecule has 1 fully saturated rings. The van der Waals surface area contributed by atoms with Crippen LogP contribution in [0.3, 0.4) is 0 Å². The molecule has 2 N–H and O–H groups in total. The summed E-state index contributed by atoms with van der Waals surface area (Å²) in [5.41, 5.74) is 5.64. The number of benzene rings is 1. The molecule has 0 saturated carbocycles. The van der Waals surface area contributed by atoms with E-state index in [-0.39, 0.29) is 0 Å². The van der Waals surface area contributed by atoms with Gasteiger partial charge in [0.2, 0.25) is 0 Å². The van der Waals surface area contributed by atoms with Gasteiger partial charge in [-0.25, -0.2) is 4.39 Å². The lowest BCUT2D eigenvalue weighted by Gasteiger charge is -2.32. The van der Waals surface area contributed by atoms with Crippen molar-refractivity contribution < 1.29 is 13.7 Å². The van der Waals surface area contributed by atoms with Gasteiger partial charge in [0.05, 0.1) is 11.2 Å². The SMILES string of the molecule is CSc1cc(B2OC(C)(C)C(C)(C)O2)c(F)cc1N. The molecule has 0 aromatic heterocycles. The van der Waals surface area contributed by atoms with Crippen molar-refractivity contribution >= 4 is 30.0 Å². The molecule has 0 spiro atoms. The smallest absolute Gasteiger partial charge is 0.399 e. The number of nitrogen functional groups attached to an aromatic ring is 1. The van der Waals surface area contributed by atoms with Crippen molar-refractivity contribution in [2.24, 2.45) is 0 Å². The van der Waals surface area contributed by atoms with Crippen LogP contribution in [0, 0.1) is 5.82 Å². The maximum atomic E-state index is 14.1. The van der Waals surface area contributed by atoms with Gasteiger partial charge in [-0.15, -0.1) is 11.8 Å². The summed E-state index contributed by atoms with van der Waals surface area (Å²) >= 11 is 1.47. The third-order valence-corrected chi connectivity index (χ3v) is 4.65. The molecule has 1 aromatic rings. The highest BCUT2D eigenvalue weighted by Crippen LogP contribution is 2.37. The first-order chi connectivity index (χ1) is 8.68. The average Bonchev–Trinajstić information content (AvgIpc) is 2.48. The van der Waals surface area contributed by atoms with Crippen LogP contribution in [0.25, 0.3) is 0 Å². The largest absolute Gasteiger partial charge is 0.497 e. The van der Waals surface area contributed by atoms with Crippen LogP contribution in [-0.2, 0) is 9.31 Å². The number of anilines is 1. The van der Waals surface area contributed by atoms with Gasteiger partial charge in [0.1, 0.15) is 5.82 Å². The van der Waals surface area contributed by atoms with Crippen LogP contribution in [0.15, 0.2) is 17.0 Å². The second-order valence-electron chi connectivity index (χ2n) is 5.70. The van der Waals surface area contributed by atoms with Crippen LogP contribution in [0.1, 0.15) is 27.7 Å². The summed E-state index contributed by atoms with van der Waals surface area (Å²) in [7, 11) is -0.698. The lowest BCUT2D eigenvalue weighted by molar-refractivity contribution is 0.00578. The van der Waals surface area contributed by atoms with Crippen molar-refractivity contribution in [3.63, 3.8) is 0 Å². The van der Waals surface area contributed by atoms with E-state index in [4.69, 9.17) is 15.0 Å². The number of rotatable bonds is 2. The van der Waals surface area contributed by atoms with Gasteiger partial charge in [0.25, 0.3) is 0 Å². The van der Waals surface area contributed by atoms with Crippen molar-refractivity contribution in [1.82, 2.24) is 0 Å². The molecule has 19 heavy (non-hydrogen) atoms. The molecule has 0 amide bonds. The fourth-order valence-corrected chi connectivity index (χ4v) is 2.45. The second-order valence-corrected chi connectivity index (χ2v) is 6.55. The quantitative estimate of drug-likeness (QED) is 0.514. The van der Waals surface area contributed by atoms with Crippen molar-refractivity contribution in [3.05, 3.63) is 17.9 Å². The molecule has 1 saturated heterocycles. The summed E-state index contributed by atoms with van der Waals surface area (Å²) in [5.74, 6) is -0.395. The molecule has 0 radical (unpaired) electrons. The van der Waals surface area contributed by atoms with E-state index in [1.54, 1.807) is 6.07 Å². The van der Waals surface area contributed by atoms with E-state index in [1.807, 2.05) is 34.0 Å². The molecular formula is C13H19BFNO2S. The highest BCUT2D eigenvalue weighted by Gasteiger charge is 2.52. The zero-order valence-corrected chi connectivity index (χ0v) is 12.7. The van der Waals surface area contributed by atoms with E-state index in [0.717, 1.165) is 4.90 Å². The molecule has 1 aliphatic heterocycles.